The van der Waals surface area contributed by atoms with Gasteiger partial charge in [-0.05, 0) is 44.0 Å². The van der Waals surface area contributed by atoms with E-state index >= 15 is 0 Å². The number of rotatable bonds is 3. The predicted octanol–water partition coefficient (Wildman–Crippen LogP) is 3.82. The van der Waals surface area contributed by atoms with Crippen molar-refractivity contribution < 1.29 is 8.78 Å². The fraction of sp³-hybridized carbons (Fsp3) is 0.333. The summed E-state index contributed by atoms with van der Waals surface area (Å²) >= 11 is 1.74. The second kappa shape index (κ2) is 5.02. The van der Waals surface area contributed by atoms with Crippen molar-refractivity contribution in [3.05, 3.63) is 56.8 Å². The van der Waals surface area contributed by atoms with Crippen LogP contribution in [0.4, 0.5) is 8.78 Å². The van der Waals surface area contributed by atoms with Gasteiger partial charge >= 0.3 is 0 Å². The molecule has 0 saturated heterocycles. The number of nitrogens with one attached hydrogen (secondary N) is 1. The van der Waals surface area contributed by atoms with Crippen molar-refractivity contribution in [1.29, 1.82) is 0 Å². The molecule has 1 unspecified atom stereocenters. The number of thiophene rings is 1. The summed E-state index contributed by atoms with van der Waals surface area (Å²) in [4.78, 5) is 2.52. The van der Waals surface area contributed by atoms with Gasteiger partial charge in [0.2, 0.25) is 0 Å². The van der Waals surface area contributed by atoms with E-state index in [0.29, 0.717) is 5.56 Å². The van der Waals surface area contributed by atoms with Gasteiger partial charge in [0, 0.05) is 21.4 Å². The minimum atomic E-state index is -0.537. The summed E-state index contributed by atoms with van der Waals surface area (Å²) in [6, 6.07) is 5.75. The monoisotopic (exact) mass is 279 g/mol. The van der Waals surface area contributed by atoms with E-state index in [4.69, 9.17) is 0 Å². The lowest BCUT2D eigenvalue weighted by Gasteiger charge is -2.16. The van der Waals surface area contributed by atoms with Crippen LogP contribution in [0.5, 0.6) is 0 Å². The van der Waals surface area contributed by atoms with Gasteiger partial charge in [-0.25, -0.2) is 8.78 Å². The molecule has 1 aromatic carbocycles. The molecule has 19 heavy (non-hydrogen) atoms. The summed E-state index contributed by atoms with van der Waals surface area (Å²) in [6.45, 7) is 0. The topological polar surface area (TPSA) is 12.0 Å². The van der Waals surface area contributed by atoms with Crippen molar-refractivity contribution in [3.63, 3.8) is 0 Å². The number of fused-ring (bicyclic) bond motifs is 1. The normalized spacial score (nSPS) is 15.5. The van der Waals surface area contributed by atoms with Crippen LogP contribution >= 0.6 is 11.3 Å². The average Bonchev–Trinajstić information content (AvgIpc) is 2.93. The molecule has 0 radical (unpaired) electrons. The lowest BCUT2D eigenvalue weighted by atomic mass is 10.0. The van der Waals surface area contributed by atoms with Crippen LogP contribution in [0, 0.1) is 11.6 Å². The second-order valence-corrected chi connectivity index (χ2v) is 6.01. The Morgan fingerprint density at radius 1 is 1.21 bits per heavy atom. The van der Waals surface area contributed by atoms with Gasteiger partial charge in [0.25, 0.3) is 0 Å². The molecule has 0 amide bonds. The quantitative estimate of drug-likeness (QED) is 0.900. The third-order valence-electron chi connectivity index (χ3n) is 3.61. The van der Waals surface area contributed by atoms with E-state index in [-0.39, 0.29) is 6.04 Å². The number of hydrogen-bond acceptors (Lipinski definition) is 2. The summed E-state index contributed by atoms with van der Waals surface area (Å²) in [7, 11) is 1.80. The molecule has 100 valence electrons. The first-order chi connectivity index (χ1) is 9.19. The number of hydrogen-bond donors (Lipinski definition) is 1. The largest absolute Gasteiger partial charge is 0.309 e. The number of halogens is 2. The van der Waals surface area contributed by atoms with Crippen LogP contribution in [0.3, 0.4) is 0 Å². The fourth-order valence-electron chi connectivity index (χ4n) is 2.68. The molecule has 1 N–H and O–H groups in total. The van der Waals surface area contributed by atoms with Crippen molar-refractivity contribution in [1.82, 2.24) is 5.32 Å². The Kier molecular flexibility index (Phi) is 3.37. The maximum absolute atomic E-state index is 13.9. The maximum Gasteiger partial charge on any atom is 0.131 e. The minimum absolute atomic E-state index is 0.198. The maximum atomic E-state index is 13.9. The molecule has 0 bridgehead atoms. The van der Waals surface area contributed by atoms with Gasteiger partial charge in [0.15, 0.2) is 0 Å². The molecule has 1 aliphatic carbocycles. The van der Waals surface area contributed by atoms with Gasteiger partial charge in [-0.1, -0.05) is 6.07 Å². The summed E-state index contributed by atoms with van der Waals surface area (Å²) in [5.74, 6) is -1.03. The first-order valence-electron chi connectivity index (χ1n) is 6.42. The molecule has 2 aromatic rings. The number of aryl methyl sites for hydroxylation is 2. The Bertz CT molecular complexity index is 585. The van der Waals surface area contributed by atoms with Crippen molar-refractivity contribution in [3.8, 4) is 0 Å². The molecular formula is C15H15F2NS. The lowest BCUT2D eigenvalue weighted by Crippen LogP contribution is -2.18. The van der Waals surface area contributed by atoms with E-state index in [1.54, 1.807) is 18.4 Å². The van der Waals surface area contributed by atoms with Crippen LogP contribution in [0.1, 0.15) is 33.3 Å². The van der Waals surface area contributed by atoms with Crippen molar-refractivity contribution in [2.75, 3.05) is 7.05 Å². The molecule has 1 atom stereocenters. The fourth-order valence-corrected chi connectivity index (χ4v) is 4.07. The Morgan fingerprint density at radius 3 is 2.74 bits per heavy atom. The van der Waals surface area contributed by atoms with Crippen LogP contribution in [0.15, 0.2) is 24.3 Å². The highest BCUT2D eigenvalue weighted by Gasteiger charge is 2.22. The highest BCUT2D eigenvalue weighted by atomic mass is 32.1. The Balaban J connectivity index is 1.99. The molecule has 4 heteroatoms. The predicted molar refractivity (Wildman–Crippen MR) is 73.6 cm³/mol. The van der Waals surface area contributed by atoms with Crippen LogP contribution in [0.2, 0.25) is 0 Å². The van der Waals surface area contributed by atoms with E-state index in [1.807, 2.05) is 0 Å². The molecule has 0 saturated carbocycles. The van der Waals surface area contributed by atoms with Crippen molar-refractivity contribution >= 4 is 11.3 Å². The zero-order chi connectivity index (χ0) is 13.4. The SMILES string of the molecule is CNC(c1cc2c(s1)CCC2)c1ccc(F)cc1F. The molecule has 1 aliphatic rings. The number of benzene rings is 1. The van der Waals surface area contributed by atoms with Crippen molar-refractivity contribution in [2.45, 2.75) is 25.3 Å². The van der Waals surface area contributed by atoms with E-state index in [0.717, 1.165) is 23.8 Å². The van der Waals surface area contributed by atoms with E-state index in [9.17, 15) is 8.78 Å². The molecule has 0 fully saturated rings. The van der Waals surface area contributed by atoms with Crippen LogP contribution in [0.25, 0.3) is 0 Å². The Labute approximate surface area is 115 Å². The molecular weight excluding hydrogens is 264 g/mol. The van der Waals surface area contributed by atoms with Gasteiger partial charge < -0.3 is 5.32 Å². The van der Waals surface area contributed by atoms with Gasteiger partial charge in [0.1, 0.15) is 11.6 Å². The molecule has 1 aromatic heterocycles. The lowest BCUT2D eigenvalue weighted by molar-refractivity contribution is 0.553. The third-order valence-corrected chi connectivity index (χ3v) is 4.91. The average molecular weight is 279 g/mol. The molecule has 0 aliphatic heterocycles. The van der Waals surface area contributed by atoms with Crippen LogP contribution < -0.4 is 5.32 Å². The van der Waals surface area contributed by atoms with Crippen molar-refractivity contribution in [2.24, 2.45) is 0 Å². The van der Waals surface area contributed by atoms with Crippen LogP contribution in [-0.2, 0) is 12.8 Å². The van der Waals surface area contributed by atoms with Gasteiger partial charge in [-0.3, -0.25) is 0 Å². The first kappa shape index (κ1) is 12.8. The molecule has 1 heterocycles. The Hall–Kier alpha value is -1.26. The van der Waals surface area contributed by atoms with Crippen LogP contribution in [-0.4, -0.2) is 7.05 Å². The van der Waals surface area contributed by atoms with Gasteiger partial charge in [0.05, 0.1) is 6.04 Å². The Morgan fingerprint density at radius 2 is 2.05 bits per heavy atom. The minimum Gasteiger partial charge on any atom is -0.309 e. The summed E-state index contributed by atoms with van der Waals surface area (Å²) in [5, 5.41) is 3.13. The summed E-state index contributed by atoms with van der Waals surface area (Å²) in [5.41, 5.74) is 1.89. The van der Waals surface area contributed by atoms with E-state index in [1.165, 1.54) is 29.0 Å². The highest BCUT2D eigenvalue weighted by Crippen LogP contribution is 2.36. The molecule has 0 spiro atoms. The molecule has 3 rings (SSSR count). The summed E-state index contributed by atoms with van der Waals surface area (Å²) in [6.07, 6.45) is 3.47. The van der Waals surface area contributed by atoms with E-state index in [2.05, 4.69) is 11.4 Å². The highest BCUT2D eigenvalue weighted by molar-refractivity contribution is 7.12. The first-order valence-corrected chi connectivity index (χ1v) is 7.24. The summed E-state index contributed by atoms with van der Waals surface area (Å²) < 4.78 is 26.9. The molecule has 1 nitrogen and oxygen atoms in total. The zero-order valence-electron chi connectivity index (χ0n) is 10.7. The van der Waals surface area contributed by atoms with Gasteiger partial charge in [-0.2, -0.15) is 0 Å². The smallest absolute Gasteiger partial charge is 0.131 e. The standard InChI is InChI=1S/C15H15F2NS/c1-18-15(11-6-5-10(16)8-12(11)17)14-7-9-3-2-4-13(9)19-14/h5-8,15,18H,2-4H2,1H3. The van der Waals surface area contributed by atoms with E-state index < -0.39 is 11.6 Å². The van der Waals surface area contributed by atoms with Gasteiger partial charge in [-0.15, -0.1) is 11.3 Å². The second-order valence-electron chi connectivity index (χ2n) is 4.84. The zero-order valence-corrected chi connectivity index (χ0v) is 11.5. The third kappa shape index (κ3) is 2.30.